The first-order chi connectivity index (χ1) is 6.77. The second kappa shape index (κ2) is 5.82. The van der Waals surface area contributed by atoms with Crippen molar-refractivity contribution in [1.29, 1.82) is 5.26 Å². The van der Waals surface area contributed by atoms with Crippen molar-refractivity contribution in [1.82, 2.24) is 0 Å². The van der Waals surface area contributed by atoms with E-state index in [4.69, 9.17) is 5.26 Å². The molecule has 0 spiro atoms. The van der Waals surface area contributed by atoms with Crippen LogP contribution in [0.2, 0.25) is 0 Å². The molecule has 0 bridgehead atoms. The van der Waals surface area contributed by atoms with E-state index in [0.717, 1.165) is 4.88 Å². The van der Waals surface area contributed by atoms with Crippen molar-refractivity contribution in [3.05, 3.63) is 21.9 Å². The Morgan fingerprint density at radius 2 is 2.29 bits per heavy atom. The average Bonchev–Trinajstić information content (AvgIpc) is 2.66. The average molecular weight is 207 g/mol. The summed E-state index contributed by atoms with van der Waals surface area (Å²) in [6.07, 6.45) is 5.14. The minimum absolute atomic E-state index is 0.611. The monoisotopic (exact) mass is 207 g/mol. The van der Waals surface area contributed by atoms with Crippen LogP contribution in [-0.2, 0) is 0 Å². The third-order valence-electron chi connectivity index (χ3n) is 2.54. The van der Waals surface area contributed by atoms with Gasteiger partial charge in [0.1, 0.15) is 10.9 Å². The van der Waals surface area contributed by atoms with E-state index < -0.39 is 0 Å². The first-order valence-electron chi connectivity index (χ1n) is 5.26. The fraction of sp³-hybridized carbons (Fsp3) is 0.583. The summed E-state index contributed by atoms with van der Waals surface area (Å²) in [6, 6.07) is 4.22. The summed E-state index contributed by atoms with van der Waals surface area (Å²) in [6.45, 7) is 4.47. The molecule has 1 heterocycles. The minimum atomic E-state index is 0.611. The Hall–Kier alpha value is -0.810. The van der Waals surface area contributed by atoms with Crippen LogP contribution in [0.25, 0.3) is 0 Å². The van der Waals surface area contributed by atoms with E-state index >= 15 is 0 Å². The Bertz CT molecular complexity index is 308. The molecule has 0 N–H and O–H groups in total. The highest BCUT2D eigenvalue weighted by molar-refractivity contribution is 7.10. The molecule has 2 heteroatoms. The zero-order valence-electron chi connectivity index (χ0n) is 8.92. The highest BCUT2D eigenvalue weighted by Gasteiger charge is 2.07. The Morgan fingerprint density at radius 3 is 2.86 bits per heavy atom. The fourth-order valence-electron chi connectivity index (χ4n) is 1.54. The molecule has 0 aliphatic heterocycles. The van der Waals surface area contributed by atoms with Crippen molar-refractivity contribution in [2.75, 3.05) is 0 Å². The van der Waals surface area contributed by atoms with E-state index in [0.29, 0.717) is 5.92 Å². The lowest BCUT2D eigenvalue weighted by Crippen LogP contribution is -1.90. The maximum absolute atomic E-state index is 8.71. The molecular formula is C12H17NS. The summed E-state index contributed by atoms with van der Waals surface area (Å²) in [5.41, 5.74) is 1.34. The third-order valence-corrected chi connectivity index (χ3v) is 3.39. The molecular weight excluding hydrogens is 190 g/mol. The van der Waals surface area contributed by atoms with Crippen LogP contribution < -0.4 is 0 Å². The van der Waals surface area contributed by atoms with Gasteiger partial charge < -0.3 is 0 Å². The van der Waals surface area contributed by atoms with Crippen LogP contribution >= 0.6 is 11.3 Å². The summed E-state index contributed by atoms with van der Waals surface area (Å²) in [5, 5.41) is 10.8. The van der Waals surface area contributed by atoms with Crippen LogP contribution in [0.1, 0.15) is 55.9 Å². The van der Waals surface area contributed by atoms with Crippen LogP contribution in [-0.4, -0.2) is 0 Å². The van der Waals surface area contributed by atoms with Gasteiger partial charge in [0, 0.05) is 0 Å². The van der Waals surface area contributed by atoms with Gasteiger partial charge >= 0.3 is 0 Å². The number of rotatable bonds is 5. The topological polar surface area (TPSA) is 23.8 Å². The maximum Gasteiger partial charge on any atom is 0.110 e. The third kappa shape index (κ3) is 3.16. The number of unbranched alkanes of at least 4 members (excludes halogenated alkanes) is 2. The zero-order valence-corrected chi connectivity index (χ0v) is 9.73. The van der Waals surface area contributed by atoms with Crippen LogP contribution in [0, 0.1) is 11.3 Å². The molecule has 0 saturated heterocycles. The van der Waals surface area contributed by atoms with Crippen molar-refractivity contribution in [2.24, 2.45) is 0 Å². The van der Waals surface area contributed by atoms with Gasteiger partial charge in [-0.15, -0.1) is 11.3 Å². The quantitative estimate of drug-likeness (QED) is 0.660. The van der Waals surface area contributed by atoms with Crippen molar-refractivity contribution in [3.63, 3.8) is 0 Å². The van der Waals surface area contributed by atoms with Gasteiger partial charge in [0.25, 0.3) is 0 Å². The number of nitrogens with zero attached hydrogens (tertiary/aromatic N) is 1. The van der Waals surface area contributed by atoms with E-state index in [9.17, 15) is 0 Å². The van der Waals surface area contributed by atoms with Crippen molar-refractivity contribution < 1.29 is 0 Å². The minimum Gasteiger partial charge on any atom is -0.192 e. The van der Waals surface area contributed by atoms with E-state index in [-0.39, 0.29) is 0 Å². The van der Waals surface area contributed by atoms with Gasteiger partial charge in [0.05, 0.1) is 0 Å². The lowest BCUT2D eigenvalue weighted by Gasteiger charge is -2.08. The van der Waals surface area contributed by atoms with Gasteiger partial charge in [-0.2, -0.15) is 5.26 Å². The Balaban J connectivity index is 2.44. The highest BCUT2D eigenvalue weighted by atomic mass is 32.1. The molecule has 0 aliphatic carbocycles. The predicted octanol–water partition coefficient (Wildman–Crippen LogP) is 4.30. The fourth-order valence-corrected chi connectivity index (χ4v) is 2.36. The molecule has 1 atom stereocenters. The summed E-state index contributed by atoms with van der Waals surface area (Å²) in [5.74, 6) is 0.611. The maximum atomic E-state index is 8.71. The normalized spacial score (nSPS) is 12.4. The summed E-state index contributed by atoms with van der Waals surface area (Å²) in [4.78, 5) is 0.836. The highest BCUT2D eigenvalue weighted by Crippen LogP contribution is 2.26. The molecule has 0 saturated carbocycles. The van der Waals surface area contributed by atoms with Crippen LogP contribution in [0.4, 0.5) is 0 Å². The first-order valence-corrected chi connectivity index (χ1v) is 6.14. The summed E-state index contributed by atoms with van der Waals surface area (Å²) >= 11 is 1.56. The standard InChI is InChI=1S/C12H17NS/c1-3-4-5-6-10(2)11-7-12(8-13)14-9-11/h7,9-10H,3-6H2,1-2H3. The molecule has 0 fully saturated rings. The SMILES string of the molecule is CCCCCC(C)c1csc(C#N)c1. The molecule has 1 unspecified atom stereocenters. The number of nitriles is 1. The lowest BCUT2D eigenvalue weighted by molar-refractivity contribution is 0.599. The Kier molecular flexibility index (Phi) is 4.69. The molecule has 1 aromatic heterocycles. The van der Waals surface area contributed by atoms with Crippen molar-refractivity contribution in [2.45, 2.75) is 45.4 Å². The van der Waals surface area contributed by atoms with Gasteiger partial charge in [-0.25, -0.2) is 0 Å². The van der Waals surface area contributed by atoms with E-state index in [2.05, 4.69) is 25.3 Å². The van der Waals surface area contributed by atoms with Gasteiger partial charge in [0.2, 0.25) is 0 Å². The smallest absolute Gasteiger partial charge is 0.110 e. The zero-order chi connectivity index (χ0) is 10.4. The summed E-state index contributed by atoms with van der Waals surface area (Å²) in [7, 11) is 0. The Labute approximate surface area is 90.4 Å². The van der Waals surface area contributed by atoms with E-state index in [1.807, 2.05) is 6.07 Å². The molecule has 1 aromatic rings. The number of thiophene rings is 1. The molecule has 76 valence electrons. The van der Waals surface area contributed by atoms with Crippen LogP contribution in [0.15, 0.2) is 11.4 Å². The Morgan fingerprint density at radius 1 is 1.50 bits per heavy atom. The summed E-state index contributed by atoms with van der Waals surface area (Å²) < 4.78 is 0. The van der Waals surface area contributed by atoms with E-state index in [1.165, 1.54) is 31.2 Å². The largest absolute Gasteiger partial charge is 0.192 e. The van der Waals surface area contributed by atoms with Gasteiger partial charge in [0.15, 0.2) is 0 Å². The molecule has 14 heavy (non-hydrogen) atoms. The number of hydrogen-bond donors (Lipinski definition) is 0. The predicted molar refractivity (Wildman–Crippen MR) is 61.6 cm³/mol. The first kappa shape index (κ1) is 11.3. The van der Waals surface area contributed by atoms with Gasteiger partial charge in [-0.3, -0.25) is 0 Å². The van der Waals surface area contributed by atoms with Crippen LogP contribution in [0.3, 0.4) is 0 Å². The van der Waals surface area contributed by atoms with Crippen molar-refractivity contribution >= 4 is 11.3 Å². The molecule has 0 aromatic carbocycles. The van der Waals surface area contributed by atoms with Crippen molar-refractivity contribution in [3.8, 4) is 6.07 Å². The molecule has 1 nitrogen and oxygen atoms in total. The van der Waals surface area contributed by atoms with Gasteiger partial charge in [-0.1, -0.05) is 33.1 Å². The van der Waals surface area contributed by atoms with E-state index in [1.54, 1.807) is 11.3 Å². The van der Waals surface area contributed by atoms with Gasteiger partial charge in [-0.05, 0) is 29.3 Å². The van der Waals surface area contributed by atoms with Crippen LogP contribution in [0.5, 0.6) is 0 Å². The number of hydrogen-bond acceptors (Lipinski definition) is 2. The second-order valence-corrected chi connectivity index (χ2v) is 4.66. The lowest BCUT2D eigenvalue weighted by atomic mass is 9.97. The second-order valence-electron chi connectivity index (χ2n) is 3.75. The molecule has 0 radical (unpaired) electrons. The molecule has 0 aliphatic rings. The molecule has 1 rings (SSSR count). The molecule has 0 amide bonds.